The Morgan fingerprint density at radius 3 is 0.672 bits per heavy atom. The van der Waals surface area contributed by atoms with Crippen molar-refractivity contribution in [3.8, 4) is 0 Å². The van der Waals surface area contributed by atoms with E-state index in [1.54, 1.807) is 0 Å². The van der Waals surface area contributed by atoms with E-state index < -0.39 is 17.9 Å². The van der Waals surface area contributed by atoms with Crippen LogP contribution in [-0.4, -0.2) is 35.3 Å². The average molecular weight is 853 g/mol. The molecule has 61 heavy (non-hydrogen) atoms. The van der Waals surface area contributed by atoms with Gasteiger partial charge in [-0.25, -0.2) is 0 Å². The Morgan fingerprint density at radius 1 is 0.279 bits per heavy atom. The number of rotatable bonds is 36. The molecule has 0 aliphatic carbocycles. The van der Waals surface area contributed by atoms with E-state index in [1.165, 1.54) is 38.5 Å². The number of carbonyl (C=O) groups excluding carboxylic acids is 3. The molecule has 0 spiro atoms. The van der Waals surface area contributed by atoms with Crippen LogP contribution in [0.25, 0.3) is 0 Å². The third-order valence-corrected chi connectivity index (χ3v) is 8.45. The number of carbonyl (C=O) groups is 3. The monoisotopic (exact) mass is 853 g/mol. The van der Waals surface area contributed by atoms with Crippen molar-refractivity contribution in [3.05, 3.63) is 146 Å². The van der Waals surface area contributed by atoms with Crippen LogP contribution in [0.5, 0.6) is 0 Å². The third kappa shape index (κ3) is 73.8. The first kappa shape index (κ1) is 63.5. The zero-order chi connectivity index (χ0) is 44.7. The molecule has 0 saturated carbocycles. The molecule has 0 aliphatic rings. The largest absolute Gasteiger partial charge is 3.00 e. The van der Waals surface area contributed by atoms with Gasteiger partial charge < -0.3 is 29.7 Å². The number of hydrogen-bond acceptors (Lipinski definition) is 6. The maximum absolute atomic E-state index is 10.2. The molecule has 0 N–H and O–H groups in total. The Morgan fingerprint density at radius 2 is 0.459 bits per heavy atom. The summed E-state index contributed by atoms with van der Waals surface area (Å²) in [5, 5.41) is 30.6. The maximum Gasteiger partial charge on any atom is 3.00 e. The summed E-state index contributed by atoms with van der Waals surface area (Å²) in [6.45, 7) is 6.35. The quantitative estimate of drug-likeness (QED) is 0.0352. The Balaban J connectivity index is -0.000000396. The van der Waals surface area contributed by atoms with E-state index in [9.17, 15) is 29.7 Å². The summed E-state index contributed by atoms with van der Waals surface area (Å²) in [4.78, 5) is 30.6. The summed E-state index contributed by atoms with van der Waals surface area (Å²) < 4.78 is 0. The molecule has 0 radical (unpaired) electrons. The topological polar surface area (TPSA) is 120 Å². The van der Waals surface area contributed by atoms with E-state index in [2.05, 4.69) is 93.7 Å². The van der Waals surface area contributed by atoms with Crippen LogP contribution in [-0.2, 0) is 14.4 Å². The number of aliphatic carboxylic acids is 3. The molecule has 0 heterocycles. The first-order chi connectivity index (χ1) is 29.3. The van der Waals surface area contributed by atoms with Crippen LogP contribution in [0.3, 0.4) is 0 Å². The van der Waals surface area contributed by atoms with Gasteiger partial charge in [0.15, 0.2) is 0 Å². The molecule has 7 heteroatoms. The summed E-state index contributed by atoms with van der Waals surface area (Å²) in [6, 6.07) is 0. The van der Waals surface area contributed by atoms with Crippen molar-refractivity contribution >= 4 is 35.3 Å². The maximum atomic E-state index is 10.2. The molecule has 0 saturated heterocycles. The predicted molar refractivity (Wildman–Crippen MR) is 258 cm³/mol. The zero-order valence-corrected chi connectivity index (χ0v) is 39.5. The molecule has 0 aromatic heterocycles. The Bertz CT molecular complexity index is 1180. The number of allylic oxidation sites excluding steroid dienone is 24. The van der Waals surface area contributed by atoms with E-state index in [0.29, 0.717) is 0 Å². The van der Waals surface area contributed by atoms with Crippen molar-refractivity contribution in [1.29, 1.82) is 0 Å². The van der Waals surface area contributed by atoms with Gasteiger partial charge in [0.1, 0.15) is 0 Å². The second-order valence-corrected chi connectivity index (χ2v) is 14.1. The van der Waals surface area contributed by atoms with Gasteiger partial charge in [0.2, 0.25) is 0 Å². The predicted octanol–water partition coefficient (Wildman–Crippen LogP) is 11.9. The van der Waals surface area contributed by atoms with Crippen molar-refractivity contribution in [2.24, 2.45) is 0 Å². The summed E-state index contributed by atoms with van der Waals surface area (Å²) >= 11 is 0. The first-order valence-corrected chi connectivity index (χ1v) is 22.9. The minimum absolute atomic E-state index is 0. The second-order valence-electron chi connectivity index (χ2n) is 14.1. The summed E-state index contributed by atoms with van der Waals surface area (Å²) in [6.07, 6.45) is 72.3. The van der Waals surface area contributed by atoms with Gasteiger partial charge in [-0.2, -0.15) is 0 Å². The molecule has 0 amide bonds. The SMILES string of the molecule is CCC=CC=CC=CC=CCCCCCCCC(=O)[O-].CCC=CC=CC=CC=CCCCCCCCC(=O)[O-].CCC=CC=CC=CC=CCCCCCCCC(=O)[O-].[Al+3]. The van der Waals surface area contributed by atoms with Gasteiger partial charge in [-0.1, -0.05) is 224 Å². The molecular weight excluding hydrogens is 772 g/mol. The van der Waals surface area contributed by atoms with E-state index >= 15 is 0 Å². The zero-order valence-electron chi connectivity index (χ0n) is 38.4. The van der Waals surface area contributed by atoms with Gasteiger partial charge in [-0.3, -0.25) is 0 Å². The molecule has 0 bridgehead atoms. The number of carboxylic acid groups (broad SMARTS) is 3. The van der Waals surface area contributed by atoms with Crippen molar-refractivity contribution < 1.29 is 29.7 Å². The summed E-state index contributed by atoms with van der Waals surface area (Å²) in [7, 11) is 0. The smallest absolute Gasteiger partial charge is 0.550 e. The molecule has 0 aromatic carbocycles. The van der Waals surface area contributed by atoms with E-state index in [4.69, 9.17) is 0 Å². The normalized spacial score (nSPS) is 12.2. The molecule has 0 rings (SSSR count). The van der Waals surface area contributed by atoms with Gasteiger partial charge in [-0.15, -0.1) is 0 Å². The fourth-order valence-corrected chi connectivity index (χ4v) is 5.12. The molecule has 0 fully saturated rings. The molecule has 0 unspecified atom stereocenters. The van der Waals surface area contributed by atoms with Crippen LogP contribution in [0.15, 0.2) is 146 Å². The van der Waals surface area contributed by atoms with Crippen LogP contribution in [0.1, 0.15) is 175 Å². The minimum Gasteiger partial charge on any atom is -0.550 e. The molecule has 0 atom stereocenters. The van der Waals surface area contributed by atoms with Gasteiger partial charge in [0.05, 0.1) is 0 Å². The summed E-state index contributed by atoms with van der Waals surface area (Å²) in [5.74, 6) is -2.79. The van der Waals surface area contributed by atoms with Crippen molar-refractivity contribution in [2.75, 3.05) is 0 Å². The van der Waals surface area contributed by atoms with Gasteiger partial charge >= 0.3 is 17.4 Å². The van der Waals surface area contributed by atoms with E-state index in [0.717, 1.165) is 96.3 Å². The number of carboxylic acids is 3. The van der Waals surface area contributed by atoms with Crippen LogP contribution in [0.2, 0.25) is 0 Å². The Hall–Kier alpha value is -4.18. The Labute approximate surface area is 384 Å². The van der Waals surface area contributed by atoms with Crippen LogP contribution >= 0.6 is 0 Å². The molecule has 336 valence electrons. The van der Waals surface area contributed by atoms with Crippen LogP contribution < -0.4 is 15.3 Å². The van der Waals surface area contributed by atoms with Gasteiger partial charge in [-0.05, 0) is 96.3 Å². The molecule has 6 nitrogen and oxygen atoms in total. The van der Waals surface area contributed by atoms with Crippen LogP contribution in [0.4, 0.5) is 0 Å². The molecular formula is C54H81AlO6. The van der Waals surface area contributed by atoms with Gasteiger partial charge in [0, 0.05) is 17.9 Å². The summed E-state index contributed by atoms with van der Waals surface area (Å²) in [5.41, 5.74) is 0. The third-order valence-electron chi connectivity index (χ3n) is 8.45. The number of unbranched alkanes of at least 4 members (excludes halogenated alkanes) is 15. The van der Waals surface area contributed by atoms with Gasteiger partial charge in [0.25, 0.3) is 0 Å². The number of hydrogen-bond donors (Lipinski definition) is 0. The van der Waals surface area contributed by atoms with E-state index in [1.807, 2.05) is 72.9 Å². The van der Waals surface area contributed by atoms with Crippen molar-refractivity contribution in [2.45, 2.75) is 175 Å². The van der Waals surface area contributed by atoms with Crippen LogP contribution in [0, 0.1) is 0 Å². The average Bonchev–Trinajstić information content (AvgIpc) is 3.22. The fourth-order valence-electron chi connectivity index (χ4n) is 5.12. The molecule has 0 aliphatic heterocycles. The first-order valence-electron chi connectivity index (χ1n) is 22.9. The Kier molecular flexibility index (Phi) is 62.6. The van der Waals surface area contributed by atoms with Crippen molar-refractivity contribution in [3.63, 3.8) is 0 Å². The van der Waals surface area contributed by atoms with E-state index in [-0.39, 0.29) is 36.6 Å². The fraction of sp³-hybridized carbons (Fsp3) is 0.500. The van der Waals surface area contributed by atoms with Crippen molar-refractivity contribution in [1.82, 2.24) is 0 Å². The molecule has 0 aromatic rings. The second kappa shape index (κ2) is 60.1. The standard InChI is InChI=1S/3C18H28O2.Al/c3*1-2-3-4-5-6-7-8-9-10-11-12-13-14-15-16-17-18(19)20;/h3*3-10H,2,11-17H2,1H3,(H,19,20);/q;;;+3/p-3. The minimum atomic E-state index is -0.932.